The number of thiophene rings is 1. The second kappa shape index (κ2) is 7.19. The normalized spacial score (nSPS) is 10.8. The van der Waals surface area contributed by atoms with Crippen LogP contribution in [-0.2, 0) is 4.79 Å². The van der Waals surface area contributed by atoms with Crippen LogP contribution in [0.15, 0.2) is 41.7 Å². The third-order valence-corrected chi connectivity index (χ3v) is 5.39. The van der Waals surface area contributed by atoms with Crippen LogP contribution in [0.4, 0.5) is 11.4 Å². The number of aromatic nitrogens is 2. The van der Waals surface area contributed by atoms with Crippen molar-refractivity contribution in [2.24, 2.45) is 0 Å². The van der Waals surface area contributed by atoms with Crippen LogP contribution in [0, 0.1) is 6.92 Å². The Morgan fingerprint density at radius 1 is 1.25 bits per heavy atom. The minimum atomic E-state index is -0.0451. The first kappa shape index (κ1) is 16.7. The Hall–Kier alpha value is -2.12. The third-order valence-electron chi connectivity index (χ3n) is 3.42. The average molecular weight is 358 g/mol. The summed E-state index contributed by atoms with van der Waals surface area (Å²) in [5.74, 6) is 0.271. The summed E-state index contributed by atoms with van der Waals surface area (Å²) < 4.78 is 0. The number of nitrogens with zero attached hydrogens (tertiary/aromatic N) is 3. The number of carbonyl (C=O) groups excluding carboxylic acids is 1. The molecule has 7 heteroatoms. The summed E-state index contributed by atoms with van der Waals surface area (Å²) in [6, 6.07) is 9.84. The number of carbonyl (C=O) groups is 1. The van der Waals surface area contributed by atoms with Crippen molar-refractivity contribution in [2.75, 3.05) is 30.1 Å². The van der Waals surface area contributed by atoms with Gasteiger partial charge < -0.3 is 10.2 Å². The molecule has 0 bridgehead atoms. The maximum Gasteiger partial charge on any atom is 0.234 e. The average Bonchev–Trinajstić information content (AvgIpc) is 2.94. The van der Waals surface area contributed by atoms with E-state index in [-0.39, 0.29) is 5.91 Å². The molecule has 0 radical (unpaired) electrons. The fraction of sp³-hybridized carbons (Fsp3) is 0.235. The van der Waals surface area contributed by atoms with Gasteiger partial charge in [-0.2, -0.15) is 0 Å². The quantitative estimate of drug-likeness (QED) is 0.555. The molecule has 0 atom stereocenters. The molecule has 0 saturated heterocycles. The summed E-state index contributed by atoms with van der Waals surface area (Å²) in [7, 11) is 3.97. The molecule has 3 rings (SSSR count). The van der Waals surface area contributed by atoms with E-state index in [9.17, 15) is 4.79 Å². The van der Waals surface area contributed by atoms with Crippen LogP contribution in [-0.4, -0.2) is 35.7 Å². The van der Waals surface area contributed by atoms with Crippen LogP contribution in [0.2, 0.25) is 0 Å². The fourth-order valence-electron chi connectivity index (χ4n) is 2.24. The predicted octanol–water partition coefficient (Wildman–Crippen LogP) is 3.80. The Morgan fingerprint density at radius 3 is 2.71 bits per heavy atom. The molecular formula is C17H18N4OS2. The number of benzene rings is 1. The van der Waals surface area contributed by atoms with E-state index in [2.05, 4.69) is 21.4 Å². The van der Waals surface area contributed by atoms with Crippen molar-refractivity contribution in [3.63, 3.8) is 0 Å². The van der Waals surface area contributed by atoms with Crippen LogP contribution < -0.4 is 10.2 Å². The van der Waals surface area contributed by atoms with E-state index >= 15 is 0 Å². The molecule has 0 unspecified atom stereocenters. The zero-order valence-corrected chi connectivity index (χ0v) is 15.4. The first-order valence-corrected chi connectivity index (χ1v) is 9.24. The van der Waals surface area contributed by atoms with Gasteiger partial charge in [-0.15, -0.1) is 11.3 Å². The number of anilines is 2. The Balaban J connectivity index is 1.62. The molecule has 24 heavy (non-hydrogen) atoms. The summed E-state index contributed by atoms with van der Waals surface area (Å²) in [5.41, 5.74) is 1.89. The monoisotopic (exact) mass is 358 g/mol. The van der Waals surface area contributed by atoms with Gasteiger partial charge in [-0.1, -0.05) is 11.8 Å². The molecule has 1 N–H and O–H groups in total. The molecule has 1 amide bonds. The Kier molecular flexibility index (Phi) is 5.01. The smallest absolute Gasteiger partial charge is 0.234 e. The predicted molar refractivity (Wildman–Crippen MR) is 102 cm³/mol. The van der Waals surface area contributed by atoms with Gasteiger partial charge in [0, 0.05) is 35.7 Å². The molecule has 0 fully saturated rings. The molecule has 5 nitrogen and oxygen atoms in total. The highest BCUT2D eigenvalue weighted by Crippen LogP contribution is 2.30. The summed E-state index contributed by atoms with van der Waals surface area (Å²) >= 11 is 3.07. The number of fused-ring (bicyclic) bond motifs is 1. The van der Waals surface area contributed by atoms with Gasteiger partial charge in [-0.05, 0) is 37.3 Å². The van der Waals surface area contributed by atoms with Crippen LogP contribution in [0.3, 0.4) is 0 Å². The summed E-state index contributed by atoms with van der Waals surface area (Å²) in [6.07, 6.45) is 1.55. The number of amides is 1. The largest absolute Gasteiger partial charge is 0.378 e. The van der Waals surface area contributed by atoms with Gasteiger partial charge in [0.2, 0.25) is 5.91 Å². The van der Waals surface area contributed by atoms with Gasteiger partial charge >= 0.3 is 0 Å². The first-order chi connectivity index (χ1) is 11.5. The first-order valence-electron chi connectivity index (χ1n) is 7.44. The lowest BCUT2D eigenvalue weighted by Crippen LogP contribution is -2.14. The minimum absolute atomic E-state index is 0.0451. The third kappa shape index (κ3) is 3.85. The zero-order valence-electron chi connectivity index (χ0n) is 13.7. The van der Waals surface area contributed by atoms with E-state index in [1.54, 1.807) is 17.7 Å². The van der Waals surface area contributed by atoms with Gasteiger partial charge in [0.1, 0.15) is 16.2 Å². The number of thioether (sulfide) groups is 1. The number of rotatable bonds is 5. The van der Waals surface area contributed by atoms with Crippen molar-refractivity contribution < 1.29 is 4.79 Å². The van der Waals surface area contributed by atoms with Crippen molar-refractivity contribution in [2.45, 2.75) is 11.9 Å². The topological polar surface area (TPSA) is 58.1 Å². The highest BCUT2D eigenvalue weighted by Gasteiger charge is 2.10. The van der Waals surface area contributed by atoms with Gasteiger partial charge in [-0.3, -0.25) is 4.79 Å². The lowest BCUT2D eigenvalue weighted by molar-refractivity contribution is -0.113. The second-order valence-corrected chi connectivity index (χ2v) is 7.73. The molecule has 2 heterocycles. The number of aryl methyl sites for hydroxylation is 1. The van der Waals surface area contributed by atoms with Gasteiger partial charge in [0.15, 0.2) is 0 Å². The zero-order chi connectivity index (χ0) is 17.1. The van der Waals surface area contributed by atoms with Gasteiger partial charge in [0.05, 0.1) is 5.75 Å². The lowest BCUT2D eigenvalue weighted by Gasteiger charge is -2.13. The minimum Gasteiger partial charge on any atom is -0.378 e. The van der Waals surface area contributed by atoms with Gasteiger partial charge in [0.25, 0.3) is 0 Å². The Bertz CT molecular complexity index is 859. The van der Waals surface area contributed by atoms with E-state index in [0.29, 0.717) is 5.75 Å². The summed E-state index contributed by atoms with van der Waals surface area (Å²) in [5, 5.41) is 4.78. The highest BCUT2D eigenvalue weighted by atomic mass is 32.2. The van der Waals surface area contributed by atoms with E-state index in [1.807, 2.05) is 50.2 Å². The van der Waals surface area contributed by atoms with Crippen LogP contribution in [0.25, 0.3) is 10.2 Å². The molecule has 0 aliphatic rings. The molecule has 0 aliphatic carbocycles. The van der Waals surface area contributed by atoms with Crippen molar-refractivity contribution in [1.29, 1.82) is 0 Å². The molecule has 2 aromatic heterocycles. The molecule has 1 aromatic carbocycles. The highest BCUT2D eigenvalue weighted by molar-refractivity contribution is 8.00. The van der Waals surface area contributed by atoms with Crippen molar-refractivity contribution in [3.8, 4) is 0 Å². The fourth-order valence-corrected chi connectivity index (χ4v) is 3.93. The molecule has 124 valence electrons. The summed E-state index contributed by atoms with van der Waals surface area (Å²) in [4.78, 5) is 24.9. The number of hydrogen-bond donors (Lipinski definition) is 1. The van der Waals surface area contributed by atoms with Crippen molar-refractivity contribution >= 4 is 50.6 Å². The lowest BCUT2D eigenvalue weighted by atomic mass is 10.2. The SMILES string of the molecule is Cc1cc2c(SCC(=O)Nc3ccc(N(C)C)cc3)ncnc2s1. The summed E-state index contributed by atoms with van der Waals surface area (Å²) in [6.45, 7) is 2.05. The van der Waals surface area contributed by atoms with E-state index in [1.165, 1.54) is 16.6 Å². The molecule has 3 aromatic rings. The van der Waals surface area contributed by atoms with E-state index in [0.717, 1.165) is 26.6 Å². The van der Waals surface area contributed by atoms with Crippen molar-refractivity contribution in [3.05, 3.63) is 41.5 Å². The van der Waals surface area contributed by atoms with E-state index < -0.39 is 0 Å². The van der Waals surface area contributed by atoms with E-state index in [4.69, 9.17) is 0 Å². The number of hydrogen-bond acceptors (Lipinski definition) is 6. The molecule has 0 spiro atoms. The second-order valence-electron chi connectivity index (χ2n) is 5.53. The van der Waals surface area contributed by atoms with Crippen molar-refractivity contribution in [1.82, 2.24) is 9.97 Å². The van der Waals surface area contributed by atoms with Crippen LogP contribution >= 0.6 is 23.1 Å². The Morgan fingerprint density at radius 2 is 2.00 bits per heavy atom. The number of nitrogens with one attached hydrogen (secondary N) is 1. The maximum absolute atomic E-state index is 12.2. The standard InChI is InChI=1S/C17H18N4OS2/c1-11-8-14-16(18-10-19-17(14)24-11)23-9-15(22)20-12-4-6-13(7-5-12)21(2)3/h4-8,10H,9H2,1-3H3,(H,20,22). The molecule has 0 saturated carbocycles. The van der Waals surface area contributed by atoms with Crippen LogP contribution in [0.5, 0.6) is 0 Å². The molecule has 0 aliphatic heterocycles. The van der Waals surface area contributed by atoms with Crippen LogP contribution in [0.1, 0.15) is 4.88 Å². The maximum atomic E-state index is 12.2. The van der Waals surface area contributed by atoms with Gasteiger partial charge in [-0.25, -0.2) is 9.97 Å². The Labute approximate surface area is 149 Å². The molecular weight excluding hydrogens is 340 g/mol.